The van der Waals surface area contributed by atoms with Gasteiger partial charge in [-0.3, -0.25) is 14.5 Å². The summed E-state index contributed by atoms with van der Waals surface area (Å²) in [6.45, 7) is 1.34. The van der Waals surface area contributed by atoms with Gasteiger partial charge in [0.15, 0.2) is 0 Å². The molecule has 20 heavy (non-hydrogen) atoms. The average molecular weight is 282 g/mol. The van der Waals surface area contributed by atoms with Crippen LogP contribution in [0.5, 0.6) is 0 Å². The predicted molar refractivity (Wildman–Crippen MR) is 70.6 cm³/mol. The van der Waals surface area contributed by atoms with Gasteiger partial charge in [0.1, 0.15) is 6.04 Å². The first-order valence-corrected chi connectivity index (χ1v) is 6.01. The van der Waals surface area contributed by atoms with Gasteiger partial charge in [0, 0.05) is 6.54 Å². The van der Waals surface area contributed by atoms with Gasteiger partial charge in [-0.2, -0.15) is 0 Å². The van der Waals surface area contributed by atoms with Crippen molar-refractivity contribution in [3.8, 4) is 0 Å². The lowest BCUT2D eigenvalue weighted by molar-refractivity contribution is -0.140. The smallest absolute Gasteiger partial charge is 0.408 e. The SMILES string of the molecule is CONC(=O)[C@@H]([C@H](C)O)N(Cc1ccccc1)C(=O)O. The molecule has 7 heteroatoms. The Morgan fingerprint density at radius 2 is 1.95 bits per heavy atom. The molecule has 2 amide bonds. The number of amides is 2. The summed E-state index contributed by atoms with van der Waals surface area (Å²) in [4.78, 5) is 28.5. The highest BCUT2D eigenvalue weighted by molar-refractivity contribution is 5.85. The highest BCUT2D eigenvalue weighted by atomic mass is 16.6. The van der Waals surface area contributed by atoms with E-state index in [-0.39, 0.29) is 6.54 Å². The fourth-order valence-corrected chi connectivity index (χ4v) is 1.85. The Bertz CT molecular complexity index is 449. The molecule has 0 aliphatic carbocycles. The molecule has 0 heterocycles. The third kappa shape index (κ3) is 4.22. The maximum absolute atomic E-state index is 11.8. The molecule has 0 unspecified atom stereocenters. The van der Waals surface area contributed by atoms with Crippen molar-refractivity contribution in [1.29, 1.82) is 0 Å². The molecule has 2 atom stereocenters. The topological polar surface area (TPSA) is 99.1 Å². The zero-order valence-corrected chi connectivity index (χ0v) is 11.3. The molecule has 1 rings (SSSR count). The van der Waals surface area contributed by atoms with Crippen LogP contribution in [0.2, 0.25) is 0 Å². The predicted octanol–water partition coefficient (Wildman–Crippen LogP) is 0.594. The Morgan fingerprint density at radius 3 is 2.40 bits per heavy atom. The van der Waals surface area contributed by atoms with Crippen molar-refractivity contribution in [2.24, 2.45) is 0 Å². The minimum atomic E-state index is -1.30. The first kappa shape index (κ1) is 15.9. The Morgan fingerprint density at radius 1 is 1.35 bits per heavy atom. The number of hydrogen-bond acceptors (Lipinski definition) is 4. The molecule has 0 saturated carbocycles. The second kappa shape index (κ2) is 7.46. The molecule has 0 saturated heterocycles. The van der Waals surface area contributed by atoms with Crippen LogP contribution in [0.1, 0.15) is 12.5 Å². The number of aliphatic hydroxyl groups is 1. The number of nitrogens with one attached hydrogen (secondary N) is 1. The maximum Gasteiger partial charge on any atom is 0.408 e. The molecule has 0 aliphatic heterocycles. The maximum atomic E-state index is 11.8. The lowest BCUT2D eigenvalue weighted by Crippen LogP contribution is -2.53. The van der Waals surface area contributed by atoms with E-state index >= 15 is 0 Å². The summed E-state index contributed by atoms with van der Waals surface area (Å²) >= 11 is 0. The molecular weight excluding hydrogens is 264 g/mol. The number of benzene rings is 1. The third-order valence-corrected chi connectivity index (χ3v) is 2.71. The van der Waals surface area contributed by atoms with Crippen LogP contribution in [-0.4, -0.2) is 46.4 Å². The Hall–Kier alpha value is -2.12. The standard InChI is InChI=1S/C13H18N2O5/c1-9(16)11(12(17)14-20-2)15(13(18)19)8-10-6-4-3-5-7-10/h3-7,9,11,16H,8H2,1-2H3,(H,14,17)(H,18,19)/t9-,11+/m0/s1. The van der Waals surface area contributed by atoms with Crippen molar-refractivity contribution in [3.05, 3.63) is 35.9 Å². The molecule has 0 spiro atoms. The second-order valence-corrected chi connectivity index (χ2v) is 4.25. The molecule has 0 fully saturated rings. The first-order valence-electron chi connectivity index (χ1n) is 6.01. The van der Waals surface area contributed by atoms with Crippen molar-refractivity contribution in [3.63, 3.8) is 0 Å². The van der Waals surface area contributed by atoms with E-state index in [0.717, 1.165) is 4.90 Å². The summed E-state index contributed by atoms with van der Waals surface area (Å²) in [5.74, 6) is -0.721. The van der Waals surface area contributed by atoms with E-state index in [0.29, 0.717) is 5.56 Å². The quantitative estimate of drug-likeness (QED) is 0.663. The Kier molecular flexibility index (Phi) is 5.95. The number of carbonyl (C=O) groups excluding carboxylic acids is 1. The van der Waals surface area contributed by atoms with Crippen LogP contribution in [0, 0.1) is 0 Å². The van der Waals surface area contributed by atoms with Crippen LogP contribution in [0.3, 0.4) is 0 Å². The van der Waals surface area contributed by atoms with E-state index in [9.17, 15) is 19.8 Å². The number of rotatable bonds is 6. The van der Waals surface area contributed by atoms with Gasteiger partial charge in [0.25, 0.3) is 5.91 Å². The molecule has 0 aromatic heterocycles. The largest absolute Gasteiger partial charge is 0.465 e. The third-order valence-electron chi connectivity index (χ3n) is 2.71. The number of carbonyl (C=O) groups is 2. The average Bonchev–Trinajstić information content (AvgIpc) is 2.39. The van der Waals surface area contributed by atoms with E-state index in [1.807, 2.05) is 5.48 Å². The van der Waals surface area contributed by atoms with E-state index < -0.39 is 24.1 Å². The highest BCUT2D eigenvalue weighted by Gasteiger charge is 2.33. The van der Waals surface area contributed by atoms with Gasteiger partial charge in [-0.25, -0.2) is 10.3 Å². The number of hydrogen-bond donors (Lipinski definition) is 3. The van der Waals surface area contributed by atoms with Gasteiger partial charge in [-0.1, -0.05) is 30.3 Å². The summed E-state index contributed by atoms with van der Waals surface area (Å²) in [6, 6.07) is 7.56. The fraction of sp³-hybridized carbons (Fsp3) is 0.385. The normalized spacial score (nSPS) is 13.3. The second-order valence-electron chi connectivity index (χ2n) is 4.25. The van der Waals surface area contributed by atoms with Gasteiger partial charge in [-0.15, -0.1) is 0 Å². The van der Waals surface area contributed by atoms with Gasteiger partial charge in [-0.05, 0) is 12.5 Å². The summed E-state index contributed by atoms with van der Waals surface area (Å²) in [5, 5.41) is 19.0. The molecule has 0 aliphatic rings. The van der Waals surface area contributed by atoms with E-state index in [4.69, 9.17) is 0 Å². The molecular formula is C13H18N2O5. The molecule has 0 radical (unpaired) electrons. The van der Waals surface area contributed by atoms with E-state index in [1.54, 1.807) is 30.3 Å². The number of hydroxylamine groups is 1. The van der Waals surface area contributed by atoms with Crippen LogP contribution in [0.25, 0.3) is 0 Å². The van der Waals surface area contributed by atoms with Crippen molar-refractivity contribution >= 4 is 12.0 Å². The fourth-order valence-electron chi connectivity index (χ4n) is 1.85. The van der Waals surface area contributed by atoms with Crippen molar-refractivity contribution < 1.29 is 24.6 Å². The lowest BCUT2D eigenvalue weighted by atomic mass is 10.1. The zero-order valence-electron chi connectivity index (χ0n) is 11.3. The van der Waals surface area contributed by atoms with Crippen molar-refractivity contribution in [2.45, 2.75) is 25.6 Å². The monoisotopic (exact) mass is 282 g/mol. The van der Waals surface area contributed by atoms with Gasteiger partial charge in [0.2, 0.25) is 0 Å². The molecule has 1 aromatic carbocycles. The number of carboxylic acid groups (broad SMARTS) is 1. The number of aliphatic hydroxyl groups excluding tert-OH is 1. The first-order chi connectivity index (χ1) is 9.47. The van der Waals surface area contributed by atoms with E-state index in [2.05, 4.69) is 4.84 Å². The van der Waals surface area contributed by atoms with E-state index in [1.165, 1.54) is 14.0 Å². The minimum absolute atomic E-state index is 0.0110. The van der Waals surface area contributed by atoms with Crippen molar-refractivity contribution in [1.82, 2.24) is 10.4 Å². The molecule has 1 aromatic rings. The van der Waals surface area contributed by atoms with Gasteiger partial charge >= 0.3 is 6.09 Å². The lowest BCUT2D eigenvalue weighted by Gasteiger charge is -2.30. The summed E-state index contributed by atoms with van der Waals surface area (Å²) in [6.07, 6.45) is -2.48. The molecule has 110 valence electrons. The zero-order chi connectivity index (χ0) is 15.1. The van der Waals surface area contributed by atoms with Gasteiger partial charge < -0.3 is 10.2 Å². The Labute approximate surface area is 116 Å². The van der Waals surface area contributed by atoms with Crippen LogP contribution in [-0.2, 0) is 16.2 Å². The summed E-state index contributed by atoms with van der Waals surface area (Å²) < 4.78 is 0. The Balaban J connectivity index is 2.97. The summed E-state index contributed by atoms with van der Waals surface area (Å²) in [7, 11) is 1.24. The highest BCUT2D eigenvalue weighted by Crippen LogP contribution is 2.12. The minimum Gasteiger partial charge on any atom is -0.465 e. The van der Waals surface area contributed by atoms with Crippen LogP contribution in [0.15, 0.2) is 30.3 Å². The van der Waals surface area contributed by atoms with Crippen LogP contribution in [0.4, 0.5) is 4.79 Å². The van der Waals surface area contributed by atoms with Crippen molar-refractivity contribution in [2.75, 3.05) is 7.11 Å². The van der Waals surface area contributed by atoms with Crippen LogP contribution >= 0.6 is 0 Å². The molecule has 0 bridgehead atoms. The summed E-state index contributed by atoms with van der Waals surface area (Å²) in [5.41, 5.74) is 2.76. The molecule has 3 N–H and O–H groups in total. The van der Waals surface area contributed by atoms with Gasteiger partial charge in [0.05, 0.1) is 13.2 Å². The number of nitrogens with zero attached hydrogens (tertiary/aromatic N) is 1. The van der Waals surface area contributed by atoms with Crippen LogP contribution < -0.4 is 5.48 Å². The molecule has 7 nitrogen and oxygen atoms in total.